The molecule has 1 aliphatic carbocycles. The molecule has 82 valence electrons. The fourth-order valence-electron chi connectivity index (χ4n) is 1.17. The third-order valence-electron chi connectivity index (χ3n) is 2.13. The van der Waals surface area contributed by atoms with Gasteiger partial charge in [-0.15, -0.1) is 5.10 Å². The summed E-state index contributed by atoms with van der Waals surface area (Å²) in [5.74, 6) is 5.98. The molecule has 0 radical (unpaired) electrons. The summed E-state index contributed by atoms with van der Waals surface area (Å²) in [6.45, 7) is 1.33. The first kappa shape index (κ1) is 9.91. The van der Waals surface area contributed by atoms with Gasteiger partial charge in [-0.3, -0.25) is 15.1 Å². The molecule has 0 spiro atoms. The second-order valence-electron chi connectivity index (χ2n) is 3.46. The van der Waals surface area contributed by atoms with E-state index in [9.17, 15) is 0 Å². The van der Waals surface area contributed by atoms with E-state index >= 15 is 0 Å². The van der Waals surface area contributed by atoms with Crippen molar-refractivity contribution in [1.29, 1.82) is 0 Å². The van der Waals surface area contributed by atoms with Gasteiger partial charge in [0.25, 0.3) is 0 Å². The van der Waals surface area contributed by atoms with Crippen LogP contribution in [-0.4, -0.2) is 33.5 Å². The van der Waals surface area contributed by atoms with E-state index < -0.39 is 0 Å². The Balaban J connectivity index is 1.75. The van der Waals surface area contributed by atoms with Crippen molar-refractivity contribution in [2.75, 3.05) is 6.54 Å². The number of hydrogen-bond donors (Lipinski definition) is 3. The van der Waals surface area contributed by atoms with Gasteiger partial charge in [0.05, 0.1) is 19.3 Å². The van der Waals surface area contributed by atoms with E-state index in [4.69, 9.17) is 5.84 Å². The monoisotopic (exact) mass is 209 g/mol. The Morgan fingerprint density at radius 1 is 1.60 bits per heavy atom. The fraction of sp³-hybridized carbons (Fsp3) is 0.625. The maximum Gasteiger partial charge on any atom is 0.206 e. The van der Waals surface area contributed by atoms with Crippen LogP contribution in [0.15, 0.2) is 17.4 Å². The standard InChI is InChI=1S/C8H15N7/c9-13-8(12-7-1-2-7)10-3-5-15-6-4-11-14-15/h4,6-7H,1-3,5,9H2,(H2,10,12,13). The highest BCUT2D eigenvalue weighted by molar-refractivity contribution is 5.79. The van der Waals surface area contributed by atoms with Crippen LogP contribution in [0.2, 0.25) is 0 Å². The Kier molecular flexibility index (Phi) is 3.13. The number of guanidine groups is 1. The van der Waals surface area contributed by atoms with Gasteiger partial charge in [0.2, 0.25) is 5.96 Å². The van der Waals surface area contributed by atoms with Crippen LogP contribution in [0.3, 0.4) is 0 Å². The zero-order chi connectivity index (χ0) is 10.5. The van der Waals surface area contributed by atoms with Crippen LogP contribution < -0.4 is 16.6 Å². The Morgan fingerprint density at radius 3 is 3.07 bits per heavy atom. The molecular formula is C8H15N7. The highest BCUT2D eigenvalue weighted by Crippen LogP contribution is 2.18. The van der Waals surface area contributed by atoms with Gasteiger partial charge in [-0.05, 0) is 12.8 Å². The van der Waals surface area contributed by atoms with Gasteiger partial charge in [-0.2, -0.15) is 0 Å². The molecule has 0 saturated heterocycles. The molecule has 0 aromatic carbocycles. The van der Waals surface area contributed by atoms with Gasteiger partial charge in [-0.25, -0.2) is 5.84 Å². The number of aromatic nitrogens is 3. The predicted molar refractivity (Wildman–Crippen MR) is 55.8 cm³/mol. The van der Waals surface area contributed by atoms with Crippen LogP contribution in [0.25, 0.3) is 0 Å². The number of hydrogen-bond acceptors (Lipinski definition) is 4. The van der Waals surface area contributed by atoms with Crippen molar-refractivity contribution in [3.05, 3.63) is 12.4 Å². The minimum atomic E-state index is 0.547. The molecule has 2 rings (SSSR count). The predicted octanol–water partition coefficient (Wildman–Crippen LogP) is -1.15. The average Bonchev–Trinajstić information content (AvgIpc) is 2.91. The first-order valence-electron chi connectivity index (χ1n) is 5.00. The molecule has 1 heterocycles. The quantitative estimate of drug-likeness (QED) is 0.252. The lowest BCUT2D eigenvalue weighted by atomic mass is 10.6. The zero-order valence-corrected chi connectivity index (χ0v) is 8.43. The van der Waals surface area contributed by atoms with Gasteiger partial charge >= 0.3 is 0 Å². The molecule has 1 aromatic heterocycles. The van der Waals surface area contributed by atoms with Crippen molar-refractivity contribution in [1.82, 2.24) is 25.7 Å². The molecule has 0 aliphatic heterocycles. The summed E-state index contributed by atoms with van der Waals surface area (Å²) in [4.78, 5) is 4.28. The molecule has 7 nitrogen and oxygen atoms in total. The minimum Gasteiger partial charge on any atom is -0.353 e. The lowest BCUT2D eigenvalue weighted by molar-refractivity contribution is 0.596. The molecule has 7 heteroatoms. The van der Waals surface area contributed by atoms with E-state index in [2.05, 4.69) is 26.0 Å². The summed E-state index contributed by atoms with van der Waals surface area (Å²) in [5.41, 5.74) is 2.55. The van der Waals surface area contributed by atoms with Crippen LogP contribution in [0.1, 0.15) is 12.8 Å². The summed E-state index contributed by atoms with van der Waals surface area (Å²) >= 11 is 0. The summed E-state index contributed by atoms with van der Waals surface area (Å²) in [6.07, 6.45) is 5.85. The van der Waals surface area contributed by atoms with Crippen molar-refractivity contribution in [2.24, 2.45) is 10.8 Å². The Morgan fingerprint density at radius 2 is 2.47 bits per heavy atom. The van der Waals surface area contributed by atoms with Gasteiger partial charge in [-0.1, -0.05) is 5.21 Å². The molecule has 0 amide bonds. The summed E-state index contributed by atoms with van der Waals surface area (Å²) in [7, 11) is 0. The van der Waals surface area contributed by atoms with E-state index in [1.807, 2.05) is 0 Å². The molecule has 15 heavy (non-hydrogen) atoms. The highest BCUT2D eigenvalue weighted by atomic mass is 15.4. The van der Waals surface area contributed by atoms with Crippen LogP contribution in [0.4, 0.5) is 0 Å². The number of nitrogens with zero attached hydrogens (tertiary/aromatic N) is 4. The summed E-state index contributed by atoms with van der Waals surface area (Å²) < 4.78 is 1.73. The summed E-state index contributed by atoms with van der Waals surface area (Å²) in [5, 5.41) is 10.7. The second-order valence-corrected chi connectivity index (χ2v) is 3.46. The number of nitrogens with one attached hydrogen (secondary N) is 2. The first-order chi connectivity index (χ1) is 7.38. The molecule has 1 aliphatic rings. The van der Waals surface area contributed by atoms with Crippen molar-refractivity contribution >= 4 is 5.96 Å². The van der Waals surface area contributed by atoms with Gasteiger partial charge < -0.3 is 5.32 Å². The maximum atomic E-state index is 5.33. The third-order valence-corrected chi connectivity index (χ3v) is 2.13. The smallest absolute Gasteiger partial charge is 0.206 e. The molecule has 1 aromatic rings. The Bertz CT molecular complexity index is 314. The largest absolute Gasteiger partial charge is 0.353 e. The van der Waals surface area contributed by atoms with E-state index in [0.717, 1.165) is 0 Å². The molecular weight excluding hydrogens is 194 g/mol. The van der Waals surface area contributed by atoms with Crippen molar-refractivity contribution in [3.8, 4) is 0 Å². The number of rotatable bonds is 4. The fourth-order valence-corrected chi connectivity index (χ4v) is 1.17. The van der Waals surface area contributed by atoms with Crippen LogP contribution in [0.5, 0.6) is 0 Å². The number of nitrogens with two attached hydrogens (primary N) is 1. The van der Waals surface area contributed by atoms with E-state index in [1.54, 1.807) is 17.1 Å². The third kappa shape index (κ3) is 3.21. The second kappa shape index (κ2) is 4.74. The first-order valence-corrected chi connectivity index (χ1v) is 5.00. The van der Waals surface area contributed by atoms with Gasteiger partial charge in [0.15, 0.2) is 0 Å². The Hall–Kier alpha value is -1.63. The Labute approximate surface area is 87.7 Å². The van der Waals surface area contributed by atoms with Gasteiger partial charge in [0, 0.05) is 12.2 Å². The highest BCUT2D eigenvalue weighted by Gasteiger charge is 2.21. The van der Waals surface area contributed by atoms with Crippen molar-refractivity contribution in [2.45, 2.75) is 25.4 Å². The van der Waals surface area contributed by atoms with Crippen molar-refractivity contribution < 1.29 is 0 Å². The normalized spacial score (nSPS) is 16.5. The maximum absolute atomic E-state index is 5.33. The van der Waals surface area contributed by atoms with Crippen LogP contribution in [0, 0.1) is 0 Å². The lowest BCUT2D eigenvalue weighted by Gasteiger charge is -2.07. The zero-order valence-electron chi connectivity index (χ0n) is 8.43. The lowest BCUT2D eigenvalue weighted by Crippen LogP contribution is -2.42. The van der Waals surface area contributed by atoms with Crippen LogP contribution >= 0.6 is 0 Å². The number of aliphatic imine (C=N–C) groups is 1. The average molecular weight is 209 g/mol. The molecule has 1 fully saturated rings. The minimum absolute atomic E-state index is 0.547. The topological polar surface area (TPSA) is 93.1 Å². The van der Waals surface area contributed by atoms with Crippen molar-refractivity contribution in [3.63, 3.8) is 0 Å². The molecule has 0 unspecified atom stereocenters. The number of hydrazine groups is 1. The molecule has 4 N–H and O–H groups in total. The molecule has 0 bridgehead atoms. The molecule has 1 saturated carbocycles. The van der Waals surface area contributed by atoms with E-state index in [0.29, 0.717) is 25.1 Å². The molecule has 0 atom stereocenters. The van der Waals surface area contributed by atoms with E-state index in [-0.39, 0.29) is 0 Å². The van der Waals surface area contributed by atoms with E-state index in [1.165, 1.54) is 12.8 Å². The SMILES string of the molecule is NNC(=NCCn1ccnn1)NC1CC1. The summed E-state index contributed by atoms with van der Waals surface area (Å²) in [6, 6.07) is 0.547. The van der Waals surface area contributed by atoms with Crippen LogP contribution in [-0.2, 0) is 6.54 Å². The van der Waals surface area contributed by atoms with Gasteiger partial charge in [0.1, 0.15) is 0 Å².